The average molecular weight is 352 g/mol. The van der Waals surface area contributed by atoms with Crippen molar-refractivity contribution in [3.05, 3.63) is 46.3 Å². The molecule has 1 aromatic heterocycles. The lowest BCUT2D eigenvalue weighted by atomic mass is 10.3. The summed E-state index contributed by atoms with van der Waals surface area (Å²) in [6, 6.07) is 8.36. The predicted molar refractivity (Wildman–Crippen MR) is 83.6 cm³/mol. The van der Waals surface area contributed by atoms with Crippen LogP contribution in [0.1, 0.15) is 24.2 Å². The van der Waals surface area contributed by atoms with E-state index >= 15 is 0 Å². The van der Waals surface area contributed by atoms with Gasteiger partial charge in [0.25, 0.3) is 0 Å². The number of halogens is 1. The summed E-state index contributed by atoms with van der Waals surface area (Å²) in [7, 11) is 1.64. The predicted octanol–water partition coefficient (Wildman–Crippen LogP) is 3.88. The highest BCUT2D eigenvalue weighted by Crippen LogP contribution is 2.29. The quantitative estimate of drug-likeness (QED) is 0.821. The molecular weight excluding hydrogens is 334 g/mol. The summed E-state index contributed by atoms with van der Waals surface area (Å²) < 4.78 is 17.3. The zero-order chi connectivity index (χ0) is 14.7. The molecule has 1 fully saturated rings. The number of nitrogens with one attached hydrogen (secondary N) is 1. The minimum absolute atomic E-state index is 0.411. The molecule has 2 aromatic rings. The maximum absolute atomic E-state index is 5.76. The standard InChI is InChI=1S/C16H18BrNO3/c1-19-13-4-5-16(15(17)7-13)21-10-14-6-11(9-20-14)8-18-12-2-3-12/h4-7,9,12,18H,2-3,8,10H2,1H3. The molecule has 3 rings (SSSR count). The topological polar surface area (TPSA) is 43.6 Å². The molecule has 0 bridgehead atoms. The molecule has 1 heterocycles. The van der Waals surface area contributed by atoms with Crippen molar-refractivity contribution >= 4 is 15.9 Å². The van der Waals surface area contributed by atoms with E-state index in [0.29, 0.717) is 12.6 Å². The van der Waals surface area contributed by atoms with Crippen LogP contribution in [-0.4, -0.2) is 13.2 Å². The van der Waals surface area contributed by atoms with E-state index in [1.54, 1.807) is 13.4 Å². The van der Waals surface area contributed by atoms with Crippen molar-refractivity contribution in [2.45, 2.75) is 32.0 Å². The van der Waals surface area contributed by atoms with E-state index in [0.717, 1.165) is 33.8 Å². The van der Waals surface area contributed by atoms with Gasteiger partial charge in [0.2, 0.25) is 0 Å². The molecule has 0 saturated heterocycles. The highest BCUT2D eigenvalue weighted by Gasteiger charge is 2.20. The van der Waals surface area contributed by atoms with E-state index in [9.17, 15) is 0 Å². The van der Waals surface area contributed by atoms with Gasteiger partial charge in [0.1, 0.15) is 23.9 Å². The SMILES string of the molecule is COc1ccc(OCc2cc(CNC3CC3)co2)c(Br)c1. The number of ether oxygens (including phenoxy) is 2. The van der Waals surface area contributed by atoms with E-state index in [1.165, 1.54) is 12.8 Å². The lowest BCUT2D eigenvalue weighted by molar-refractivity contribution is 0.268. The van der Waals surface area contributed by atoms with E-state index in [1.807, 2.05) is 24.3 Å². The van der Waals surface area contributed by atoms with Crippen LogP contribution in [0.2, 0.25) is 0 Å². The van der Waals surface area contributed by atoms with Crippen LogP contribution in [0.4, 0.5) is 0 Å². The van der Waals surface area contributed by atoms with Gasteiger partial charge in [-0.25, -0.2) is 0 Å². The van der Waals surface area contributed by atoms with Gasteiger partial charge in [-0.05, 0) is 53.0 Å². The number of rotatable bonds is 7. The lowest BCUT2D eigenvalue weighted by Crippen LogP contribution is -2.14. The molecule has 0 atom stereocenters. The molecular formula is C16H18BrNO3. The molecule has 0 aliphatic heterocycles. The monoisotopic (exact) mass is 351 g/mol. The van der Waals surface area contributed by atoms with Crippen LogP contribution >= 0.6 is 15.9 Å². The zero-order valence-corrected chi connectivity index (χ0v) is 13.5. The van der Waals surface area contributed by atoms with E-state index in [4.69, 9.17) is 13.9 Å². The van der Waals surface area contributed by atoms with Gasteiger partial charge in [0.05, 0.1) is 17.8 Å². The normalized spacial score (nSPS) is 14.2. The summed E-state index contributed by atoms with van der Waals surface area (Å²) in [5.41, 5.74) is 1.16. The summed E-state index contributed by atoms with van der Waals surface area (Å²) in [5, 5.41) is 3.46. The van der Waals surface area contributed by atoms with Crippen LogP contribution in [0.3, 0.4) is 0 Å². The van der Waals surface area contributed by atoms with Crippen molar-refractivity contribution in [3.63, 3.8) is 0 Å². The van der Waals surface area contributed by atoms with Crippen molar-refractivity contribution in [2.75, 3.05) is 7.11 Å². The number of hydrogen-bond acceptors (Lipinski definition) is 4. The Morgan fingerprint density at radius 3 is 2.90 bits per heavy atom. The highest BCUT2D eigenvalue weighted by molar-refractivity contribution is 9.10. The molecule has 1 saturated carbocycles. The van der Waals surface area contributed by atoms with Gasteiger partial charge in [-0.15, -0.1) is 0 Å². The zero-order valence-electron chi connectivity index (χ0n) is 11.9. The van der Waals surface area contributed by atoms with Crippen molar-refractivity contribution < 1.29 is 13.9 Å². The van der Waals surface area contributed by atoms with Crippen molar-refractivity contribution in [3.8, 4) is 11.5 Å². The van der Waals surface area contributed by atoms with Gasteiger partial charge < -0.3 is 19.2 Å². The second-order valence-corrected chi connectivity index (χ2v) is 6.02. The van der Waals surface area contributed by atoms with Crippen LogP contribution in [0.25, 0.3) is 0 Å². The van der Waals surface area contributed by atoms with Gasteiger partial charge in [-0.1, -0.05) is 0 Å². The smallest absolute Gasteiger partial charge is 0.146 e. The van der Waals surface area contributed by atoms with E-state index in [2.05, 4.69) is 21.2 Å². The summed E-state index contributed by atoms with van der Waals surface area (Å²) in [5.74, 6) is 2.39. The van der Waals surface area contributed by atoms with Gasteiger partial charge in [0.15, 0.2) is 0 Å². The number of hydrogen-bond donors (Lipinski definition) is 1. The van der Waals surface area contributed by atoms with Crippen molar-refractivity contribution in [2.24, 2.45) is 0 Å². The molecule has 5 heteroatoms. The molecule has 1 aliphatic rings. The summed E-state index contributed by atoms with van der Waals surface area (Å²) >= 11 is 3.47. The Labute approximate surface area is 132 Å². The summed E-state index contributed by atoms with van der Waals surface area (Å²) in [4.78, 5) is 0. The fourth-order valence-electron chi connectivity index (χ4n) is 2.02. The second kappa shape index (κ2) is 6.54. The third kappa shape index (κ3) is 4.02. The molecule has 1 aliphatic carbocycles. The third-order valence-corrected chi connectivity index (χ3v) is 4.01. The molecule has 112 valence electrons. The first-order chi connectivity index (χ1) is 10.2. The van der Waals surface area contributed by atoms with E-state index in [-0.39, 0.29) is 0 Å². The molecule has 4 nitrogen and oxygen atoms in total. The Morgan fingerprint density at radius 2 is 2.19 bits per heavy atom. The maximum Gasteiger partial charge on any atom is 0.146 e. The molecule has 1 aromatic carbocycles. The van der Waals surface area contributed by atoms with Crippen LogP contribution in [-0.2, 0) is 13.2 Å². The fraction of sp³-hybridized carbons (Fsp3) is 0.375. The molecule has 0 radical (unpaired) electrons. The number of methoxy groups -OCH3 is 1. The average Bonchev–Trinajstić information content (AvgIpc) is 3.22. The van der Waals surface area contributed by atoms with Crippen LogP contribution < -0.4 is 14.8 Å². The third-order valence-electron chi connectivity index (χ3n) is 3.39. The Bertz CT molecular complexity index is 607. The van der Waals surface area contributed by atoms with Crippen LogP contribution in [0.5, 0.6) is 11.5 Å². The first-order valence-corrected chi connectivity index (χ1v) is 7.80. The number of furan rings is 1. The van der Waals surface area contributed by atoms with Crippen molar-refractivity contribution in [1.82, 2.24) is 5.32 Å². The number of benzene rings is 1. The minimum Gasteiger partial charge on any atom is -0.497 e. The maximum atomic E-state index is 5.76. The Morgan fingerprint density at radius 1 is 1.33 bits per heavy atom. The molecule has 0 unspecified atom stereocenters. The Kier molecular flexibility index (Phi) is 4.51. The molecule has 21 heavy (non-hydrogen) atoms. The first-order valence-electron chi connectivity index (χ1n) is 7.00. The van der Waals surface area contributed by atoms with E-state index < -0.39 is 0 Å². The van der Waals surface area contributed by atoms with Gasteiger partial charge in [-0.3, -0.25) is 0 Å². The van der Waals surface area contributed by atoms with Crippen molar-refractivity contribution in [1.29, 1.82) is 0 Å². The lowest BCUT2D eigenvalue weighted by Gasteiger charge is -2.08. The fourth-order valence-corrected chi connectivity index (χ4v) is 2.49. The molecule has 0 spiro atoms. The molecule has 1 N–H and O–H groups in total. The summed E-state index contributed by atoms with van der Waals surface area (Å²) in [6.45, 7) is 1.27. The molecule has 0 amide bonds. The van der Waals surface area contributed by atoms with Gasteiger partial charge >= 0.3 is 0 Å². The Hall–Kier alpha value is -1.46. The van der Waals surface area contributed by atoms with Gasteiger partial charge in [0, 0.05) is 18.2 Å². The Balaban J connectivity index is 1.54. The first kappa shape index (κ1) is 14.5. The van der Waals surface area contributed by atoms with Crippen LogP contribution in [0.15, 0.2) is 39.4 Å². The van der Waals surface area contributed by atoms with Gasteiger partial charge in [-0.2, -0.15) is 0 Å². The largest absolute Gasteiger partial charge is 0.497 e. The highest BCUT2D eigenvalue weighted by atomic mass is 79.9. The summed E-state index contributed by atoms with van der Waals surface area (Å²) in [6.07, 6.45) is 4.37. The second-order valence-electron chi connectivity index (χ2n) is 5.16. The minimum atomic E-state index is 0.411. The van der Waals surface area contributed by atoms with Crippen LogP contribution in [0, 0.1) is 0 Å².